The number of imidazole rings is 1. The Kier molecular flexibility index (Phi) is 2.83. The van der Waals surface area contributed by atoms with Gasteiger partial charge in [-0.25, -0.2) is 18.2 Å². The van der Waals surface area contributed by atoms with Gasteiger partial charge in [-0.05, 0) is 18.2 Å². The van der Waals surface area contributed by atoms with Crippen molar-refractivity contribution in [3.63, 3.8) is 0 Å². The Morgan fingerprint density at radius 1 is 1.00 bits per heavy atom. The number of nitrogen functional groups attached to an aromatic ring is 1. The molecule has 2 N–H and O–H groups in total. The third-order valence-electron chi connectivity index (χ3n) is 2.81. The molecule has 0 spiro atoms. The maximum Gasteiger partial charge on any atom is 0.206 e. The number of benzene rings is 2. The van der Waals surface area contributed by atoms with Crippen molar-refractivity contribution < 1.29 is 13.2 Å². The minimum Gasteiger partial charge on any atom is -0.369 e. The first-order valence-corrected chi connectivity index (χ1v) is 5.93. The Bertz CT molecular complexity index is 809. The summed E-state index contributed by atoms with van der Waals surface area (Å²) in [5.74, 6) is -2.30. The van der Waals surface area contributed by atoms with Crippen LogP contribution in [0.2, 0.25) is 5.02 Å². The summed E-state index contributed by atoms with van der Waals surface area (Å²) < 4.78 is 41.6. The number of nitrogens with two attached hydrogens (primary N) is 1. The van der Waals surface area contributed by atoms with E-state index < -0.39 is 17.5 Å². The van der Waals surface area contributed by atoms with Gasteiger partial charge in [0.15, 0.2) is 5.82 Å². The molecule has 0 fully saturated rings. The highest BCUT2D eigenvalue weighted by molar-refractivity contribution is 6.30. The van der Waals surface area contributed by atoms with E-state index in [1.807, 2.05) is 0 Å². The lowest BCUT2D eigenvalue weighted by Crippen LogP contribution is -2.01. The van der Waals surface area contributed by atoms with E-state index in [-0.39, 0.29) is 27.7 Å². The van der Waals surface area contributed by atoms with E-state index in [0.29, 0.717) is 6.07 Å². The minimum atomic E-state index is -0.840. The van der Waals surface area contributed by atoms with E-state index in [2.05, 4.69) is 4.98 Å². The number of halogens is 4. The molecule has 0 amide bonds. The quantitative estimate of drug-likeness (QED) is 0.744. The van der Waals surface area contributed by atoms with Crippen LogP contribution in [0.3, 0.4) is 0 Å². The molecule has 0 atom stereocenters. The predicted octanol–water partition coefficient (Wildman–Crippen LogP) is 3.68. The number of hydrogen-bond acceptors (Lipinski definition) is 2. The number of aromatic nitrogens is 2. The molecule has 0 aliphatic rings. The first kappa shape index (κ1) is 12.8. The molecule has 7 heteroatoms. The molecule has 1 heterocycles. The molecule has 1 aromatic heterocycles. The molecular formula is C13H7ClF3N3. The lowest BCUT2D eigenvalue weighted by molar-refractivity contribution is 0.590. The second kappa shape index (κ2) is 4.42. The largest absolute Gasteiger partial charge is 0.369 e. The van der Waals surface area contributed by atoms with Crippen molar-refractivity contribution in [1.82, 2.24) is 9.55 Å². The highest BCUT2D eigenvalue weighted by Gasteiger charge is 2.16. The van der Waals surface area contributed by atoms with Gasteiger partial charge in [0, 0.05) is 17.2 Å². The maximum absolute atomic E-state index is 13.6. The second-order valence-electron chi connectivity index (χ2n) is 4.19. The zero-order valence-corrected chi connectivity index (χ0v) is 10.6. The van der Waals surface area contributed by atoms with Gasteiger partial charge in [0.05, 0.1) is 11.2 Å². The van der Waals surface area contributed by atoms with Gasteiger partial charge in [-0.3, -0.25) is 4.57 Å². The van der Waals surface area contributed by atoms with Crippen molar-refractivity contribution in [3.8, 4) is 5.69 Å². The minimum absolute atomic E-state index is 0.0915. The lowest BCUT2D eigenvalue weighted by atomic mass is 10.2. The SMILES string of the molecule is Nc1nc2c(F)cc(F)cc2n1-c1cc(F)cc(Cl)c1. The van der Waals surface area contributed by atoms with Gasteiger partial charge in [0.1, 0.15) is 17.2 Å². The fourth-order valence-electron chi connectivity index (χ4n) is 2.06. The van der Waals surface area contributed by atoms with Crippen molar-refractivity contribution in [3.05, 3.63) is 52.8 Å². The highest BCUT2D eigenvalue weighted by atomic mass is 35.5. The maximum atomic E-state index is 13.6. The van der Waals surface area contributed by atoms with E-state index in [4.69, 9.17) is 17.3 Å². The van der Waals surface area contributed by atoms with Crippen LogP contribution in [0.15, 0.2) is 30.3 Å². The fraction of sp³-hybridized carbons (Fsp3) is 0. The third-order valence-corrected chi connectivity index (χ3v) is 3.03. The summed E-state index contributed by atoms with van der Waals surface area (Å²) in [4.78, 5) is 3.82. The molecule has 2 aromatic carbocycles. The molecule has 0 radical (unpaired) electrons. The zero-order chi connectivity index (χ0) is 14.4. The van der Waals surface area contributed by atoms with Crippen LogP contribution in [0, 0.1) is 17.5 Å². The van der Waals surface area contributed by atoms with Crippen molar-refractivity contribution in [2.24, 2.45) is 0 Å². The molecule has 0 saturated carbocycles. The zero-order valence-electron chi connectivity index (χ0n) is 9.87. The monoisotopic (exact) mass is 297 g/mol. The summed E-state index contributed by atoms with van der Waals surface area (Å²) in [6.45, 7) is 0. The molecule has 0 bridgehead atoms. The highest BCUT2D eigenvalue weighted by Crippen LogP contribution is 2.27. The van der Waals surface area contributed by atoms with Crippen molar-refractivity contribution in [1.29, 1.82) is 0 Å². The molecule has 3 aromatic rings. The van der Waals surface area contributed by atoms with Crippen molar-refractivity contribution >= 4 is 28.6 Å². The van der Waals surface area contributed by atoms with E-state index in [1.54, 1.807) is 0 Å². The molecule has 0 aliphatic carbocycles. The van der Waals surface area contributed by atoms with Gasteiger partial charge < -0.3 is 5.73 Å². The van der Waals surface area contributed by atoms with E-state index in [9.17, 15) is 13.2 Å². The van der Waals surface area contributed by atoms with Crippen LogP contribution in [0.1, 0.15) is 0 Å². The van der Waals surface area contributed by atoms with Gasteiger partial charge in [0.2, 0.25) is 5.95 Å². The molecule has 3 rings (SSSR count). The molecule has 0 unspecified atom stereocenters. The average molecular weight is 298 g/mol. The van der Waals surface area contributed by atoms with Gasteiger partial charge >= 0.3 is 0 Å². The van der Waals surface area contributed by atoms with Crippen LogP contribution < -0.4 is 5.73 Å². The molecule has 102 valence electrons. The summed E-state index contributed by atoms with van der Waals surface area (Å²) in [7, 11) is 0. The number of nitrogens with zero attached hydrogens (tertiary/aromatic N) is 2. The van der Waals surface area contributed by atoms with Crippen LogP contribution in [0.4, 0.5) is 19.1 Å². The Labute approximate surface area is 116 Å². The van der Waals surface area contributed by atoms with Gasteiger partial charge in [-0.2, -0.15) is 0 Å². The van der Waals surface area contributed by atoms with E-state index >= 15 is 0 Å². The normalized spacial score (nSPS) is 11.2. The van der Waals surface area contributed by atoms with Gasteiger partial charge in [-0.1, -0.05) is 11.6 Å². The standard InChI is InChI=1S/C13H7ClF3N3/c14-6-1-7(15)3-9(2-6)20-11-5-8(16)4-10(17)12(11)19-13(20)18/h1-5H,(H2,18,19). The first-order chi connectivity index (χ1) is 9.45. The number of rotatable bonds is 1. The van der Waals surface area contributed by atoms with E-state index in [1.165, 1.54) is 10.6 Å². The number of anilines is 1. The Morgan fingerprint density at radius 2 is 1.70 bits per heavy atom. The smallest absolute Gasteiger partial charge is 0.206 e. The Hall–Kier alpha value is -2.21. The predicted molar refractivity (Wildman–Crippen MR) is 70.4 cm³/mol. The fourth-order valence-corrected chi connectivity index (χ4v) is 2.28. The van der Waals surface area contributed by atoms with Crippen LogP contribution in [-0.4, -0.2) is 9.55 Å². The summed E-state index contributed by atoms with van der Waals surface area (Å²) in [5, 5.41) is 0.137. The molecular weight excluding hydrogens is 291 g/mol. The summed E-state index contributed by atoms with van der Waals surface area (Å²) in [6.07, 6.45) is 0. The van der Waals surface area contributed by atoms with Crippen LogP contribution in [-0.2, 0) is 0 Å². The summed E-state index contributed by atoms with van der Waals surface area (Å²) in [5.41, 5.74) is 5.94. The molecule has 20 heavy (non-hydrogen) atoms. The Morgan fingerprint density at radius 3 is 2.40 bits per heavy atom. The number of hydrogen-bond donors (Lipinski definition) is 1. The van der Waals surface area contributed by atoms with Gasteiger partial charge in [-0.15, -0.1) is 0 Å². The lowest BCUT2D eigenvalue weighted by Gasteiger charge is -2.07. The van der Waals surface area contributed by atoms with Crippen LogP contribution in [0.5, 0.6) is 0 Å². The second-order valence-corrected chi connectivity index (χ2v) is 4.62. The van der Waals surface area contributed by atoms with Crippen molar-refractivity contribution in [2.75, 3.05) is 5.73 Å². The summed E-state index contributed by atoms with van der Waals surface area (Å²) >= 11 is 5.77. The van der Waals surface area contributed by atoms with E-state index in [0.717, 1.165) is 18.2 Å². The van der Waals surface area contributed by atoms with Gasteiger partial charge in [0.25, 0.3) is 0 Å². The Balaban J connectivity index is 2.38. The van der Waals surface area contributed by atoms with Crippen LogP contribution >= 0.6 is 11.6 Å². The molecule has 3 nitrogen and oxygen atoms in total. The average Bonchev–Trinajstić information content (AvgIpc) is 2.64. The molecule has 0 saturated heterocycles. The van der Waals surface area contributed by atoms with Crippen LogP contribution in [0.25, 0.3) is 16.7 Å². The summed E-state index contributed by atoms with van der Waals surface area (Å²) in [6, 6.07) is 5.46. The third kappa shape index (κ3) is 1.98. The first-order valence-electron chi connectivity index (χ1n) is 5.55. The topological polar surface area (TPSA) is 43.8 Å². The van der Waals surface area contributed by atoms with Crippen molar-refractivity contribution in [2.45, 2.75) is 0 Å². The number of fused-ring (bicyclic) bond motifs is 1. The molecule has 0 aliphatic heterocycles.